The number of nitrogens with zero attached hydrogens (tertiary/aromatic N) is 3. The molecule has 0 aliphatic rings. The first-order chi connectivity index (χ1) is 17.5. The van der Waals surface area contributed by atoms with E-state index in [4.69, 9.17) is 9.72 Å². The lowest BCUT2D eigenvalue weighted by Crippen LogP contribution is -2.37. The molecule has 0 spiro atoms. The van der Waals surface area contributed by atoms with Crippen molar-refractivity contribution in [3.05, 3.63) is 107 Å². The Morgan fingerprint density at radius 3 is 2.44 bits per heavy atom. The van der Waals surface area contributed by atoms with Crippen molar-refractivity contribution in [1.29, 1.82) is 0 Å². The van der Waals surface area contributed by atoms with E-state index in [1.54, 1.807) is 21.6 Å². The second kappa shape index (κ2) is 11.5. The molecule has 184 valence electrons. The number of fused-ring (bicyclic) bond motifs is 1. The maximum atomic E-state index is 13.8. The fraction of sp³-hybridized carbons (Fsp3) is 0.233. The minimum Gasteiger partial charge on any atom is -0.492 e. The lowest BCUT2D eigenvalue weighted by molar-refractivity contribution is -0.128. The summed E-state index contributed by atoms with van der Waals surface area (Å²) < 4.78 is 7.45. The Labute approximate surface area is 211 Å². The smallest absolute Gasteiger partial charge is 0.266 e. The van der Waals surface area contributed by atoms with E-state index in [1.807, 2.05) is 99.6 Å². The Hall–Kier alpha value is -4.19. The molecule has 1 aromatic heterocycles. The predicted octanol–water partition coefficient (Wildman–Crippen LogP) is 5.80. The molecular formula is C30H31N3O3. The van der Waals surface area contributed by atoms with Crippen LogP contribution in [0.1, 0.15) is 44.6 Å². The molecule has 6 nitrogen and oxygen atoms in total. The van der Waals surface area contributed by atoms with Crippen LogP contribution in [0.25, 0.3) is 22.7 Å². The molecule has 1 unspecified atom stereocenters. The molecule has 1 heterocycles. The van der Waals surface area contributed by atoms with Crippen molar-refractivity contribution < 1.29 is 9.53 Å². The third-order valence-electron chi connectivity index (χ3n) is 6.01. The Bertz CT molecular complexity index is 1430. The van der Waals surface area contributed by atoms with Crippen LogP contribution in [-0.2, 0) is 4.79 Å². The molecule has 0 bridgehead atoms. The largest absolute Gasteiger partial charge is 0.492 e. The Morgan fingerprint density at radius 2 is 1.69 bits per heavy atom. The van der Waals surface area contributed by atoms with Crippen LogP contribution < -0.4 is 10.3 Å². The minimum absolute atomic E-state index is 0.139. The van der Waals surface area contributed by atoms with Crippen molar-refractivity contribution in [1.82, 2.24) is 14.5 Å². The van der Waals surface area contributed by atoms with Crippen LogP contribution in [0.15, 0.2) is 89.7 Å². The molecule has 3 aromatic carbocycles. The summed E-state index contributed by atoms with van der Waals surface area (Å²) in [6.07, 6.45) is 4.16. The van der Waals surface area contributed by atoms with Gasteiger partial charge in [-0.05, 0) is 56.2 Å². The highest BCUT2D eigenvalue weighted by molar-refractivity contribution is 5.92. The first-order valence-corrected chi connectivity index (χ1v) is 12.3. The van der Waals surface area contributed by atoms with Gasteiger partial charge in [0.25, 0.3) is 5.56 Å². The number of para-hydroxylation sites is 3. The maximum absolute atomic E-state index is 13.8. The van der Waals surface area contributed by atoms with Gasteiger partial charge in [0, 0.05) is 12.6 Å². The van der Waals surface area contributed by atoms with E-state index < -0.39 is 6.04 Å². The fourth-order valence-electron chi connectivity index (χ4n) is 4.28. The molecule has 0 aliphatic heterocycles. The molecule has 0 aliphatic carbocycles. The predicted molar refractivity (Wildman–Crippen MR) is 144 cm³/mol. The average molecular weight is 482 g/mol. The molecule has 0 fully saturated rings. The lowest BCUT2D eigenvalue weighted by atomic mass is 10.1. The molecule has 4 rings (SSSR count). The number of ether oxygens (including phenoxy) is 1. The lowest BCUT2D eigenvalue weighted by Gasteiger charge is -2.30. The summed E-state index contributed by atoms with van der Waals surface area (Å²) in [5.74, 6) is 0.936. The fourth-order valence-corrected chi connectivity index (χ4v) is 4.28. The average Bonchev–Trinajstić information content (AvgIpc) is 2.91. The maximum Gasteiger partial charge on any atom is 0.266 e. The highest BCUT2D eigenvalue weighted by Crippen LogP contribution is 2.28. The van der Waals surface area contributed by atoms with Crippen LogP contribution in [0, 0.1) is 0 Å². The molecule has 1 atom stereocenters. The number of rotatable bonds is 9. The van der Waals surface area contributed by atoms with Crippen LogP contribution in [-0.4, -0.2) is 33.5 Å². The van der Waals surface area contributed by atoms with Gasteiger partial charge in [0.15, 0.2) is 0 Å². The third-order valence-corrected chi connectivity index (χ3v) is 6.01. The van der Waals surface area contributed by atoms with E-state index in [0.29, 0.717) is 41.3 Å². The number of amides is 1. The SMILES string of the molecule is CCCN(C(=O)C=Cc1ccccc1)C(C)c1nc2ccccc2c(=O)n1-c1ccccc1OCC. The van der Waals surface area contributed by atoms with Crippen LogP contribution in [0.4, 0.5) is 0 Å². The topological polar surface area (TPSA) is 64.4 Å². The van der Waals surface area contributed by atoms with Crippen molar-refractivity contribution >= 4 is 22.9 Å². The van der Waals surface area contributed by atoms with Gasteiger partial charge in [-0.1, -0.05) is 61.5 Å². The monoisotopic (exact) mass is 481 g/mol. The van der Waals surface area contributed by atoms with Crippen LogP contribution in [0.3, 0.4) is 0 Å². The zero-order valence-corrected chi connectivity index (χ0v) is 20.9. The van der Waals surface area contributed by atoms with Gasteiger partial charge in [0.1, 0.15) is 11.6 Å². The summed E-state index contributed by atoms with van der Waals surface area (Å²) in [6, 6.07) is 24.0. The molecule has 4 aromatic rings. The normalized spacial score (nSPS) is 12.1. The molecule has 0 radical (unpaired) electrons. The Morgan fingerprint density at radius 1 is 1.00 bits per heavy atom. The van der Waals surface area contributed by atoms with Gasteiger partial charge in [-0.25, -0.2) is 4.98 Å². The summed E-state index contributed by atoms with van der Waals surface area (Å²) in [5.41, 5.74) is 1.95. The van der Waals surface area contributed by atoms with Crippen LogP contribution in [0.5, 0.6) is 5.75 Å². The van der Waals surface area contributed by atoms with Gasteiger partial charge in [-0.3, -0.25) is 14.2 Å². The molecule has 1 amide bonds. The number of carbonyl (C=O) groups is 1. The number of hydrogen-bond donors (Lipinski definition) is 0. The summed E-state index contributed by atoms with van der Waals surface area (Å²) in [4.78, 5) is 33.9. The third kappa shape index (κ3) is 5.23. The molecule has 0 N–H and O–H groups in total. The van der Waals surface area contributed by atoms with Gasteiger partial charge in [0.2, 0.25) is 5.91 Å². The molecule has 0 saturated carbocycles. The quantitative estimate of drug-likeness (QED) is 0.284. The standard InChI is InChI=1S/C30H31N3O3/c1-4-21-32(28(34)20-19-23-13-7-6-8-14-23)22(3)29-31-25-16-10-9-15-24(25)30(35)33(29)26-17-11-12-18-27(26)36-5-2/h6-20,22H,4-5,21H2,1-3H3. The minimum atomic E-state index is -0.468. The first-order valence-electron chi connectivity index (χ1n) is 12.3. The van der Waals surface area contributed by atoms with E-state index >= 15 is 0 Å². The van der Waals surface area contributed by atoms with Crippen LogP contribution in [0.2, 0.25) is 0 Å². The van der Waals surface area contributed by atoms with Crippen molar-refractivity contribution in [2.75, 3.05) is 13.2 Å². The molecular weight excluding hydrogens is 450 g/mol. The number of aromatic nitrogens is 2. The zero-order valence-electron chi connectivity index (χ0n) is 20.9. The summed E-state index contributed by atoms with van der Waals surface area (Å²) >= 11 is 0. The second-order valence-electron chi connectivity index (χ2n) is 8.48. The van der Waals surface area contributed by atoms with E-state index in [0.717, 1.165) is 12.0 Å². The highest BCUT2D eigenvalue weighted by Gasteiger charge is 2.26. The van der Waals surface area contributed by atoms with E-state index in [2.05, 4.69) is 0 Å². The summed E-state index contributed by atoms with van der Waals surface area (Å²) in [6.45, 7) is 6.83. The zero-order chi connectivity index (χ0) is 25.5. The molecule has 0 saturated heterocycles. The van der Waals surface area contributed by atoms with Gasteiger partial charge in [0.05, 0.1) is 29.2 Å². The van der Waals surface area contributed by atoms with Gasteiger partial charge >= 0.3 is 0 Å². The summed E-state index contributed by atoms with van der Waals surface area (Å²) in [7, 11) is 0. The first kappa shape index (κ1) is 24.9. The van der Waals surface area contributed by atoms with Gasteiger partial charge in [-0.2, -0.15) is 0 Å². The van der Waals surface area contributed by atoms with Gasteiger partial charge in [-0.15, -0.1) is 0 Å². The summed E-state index contributed by atoms with van der Waals surface area (Å²) in [5, 5.41) is 0.511. The van der Waals surface area contributed by atoms with E-state index in [1.165, 1.54) is 0 Å². The number of hydrogen-bond acceptors (Lipinski definition) is 4. The Kier molecular flexibility index (Phi) is 7.95. The highest BCUT2D eigenvalue weighted by atomic mass is 16.5. The number of carbonyl (C=O) groups excluding carboxylic acids is 1. The van der Waals surface area contributed by atoms with Crippen molar-refractivity contribution in [2.45, 2.75) is 33.2 Å². The van der Waals surface area contributed by atoms with E-state index in [9.17, 15) is 9.59 Å². The Balaban J connectivity index is 1.85. The second-order valence-corrected chi connectivity index (χ2v) is 8.48. The van der Waals surface area contributed by atoms with Gasteiger partial charge < -0.3 is 9.64 Å². The van der Waals surface area contributed by atoms with Crippen molar-refractivity contribution in [3.8, 4) is 11.4 Å². The molecule has 6 heteroatoms. The van der Waals surface area contributed by atoms with Crippen molar-refractivity contribution in [3.63, 3.8) is 0 Å². The molecule has 36 heavy (non-hydrogen) atoms. The van der Waals surface area contributed by atoms with E-state index in [-0.39, 0.29) is 11.5 Å². The number of benzene rings is 3. The van der Waals surface area contributed by atoms with Crippen molar-refractivity contribution in [2.24, 2.45) is 0 Å². The van der Waals surface area contributed by atoms with Crippen LogP contribution >= 0.6 is 0 Å².